The van der Waals surface area contributed by atoms with Crippen molar-refractivity contribution in [3.63, 3.8) is 0 Å². The van der Waals surface area contributed by atoms with E-state index in [1.807, 2.05) is 12.1 Å². The van der Waals surface area contributed by atoms with Crippen LogP contribution in [0.25, 0.3) is 0 Å². The zero-order valence-corrected chi connectivity index (χ0v) is 17.3. The molecule has 0 aromatic heterocycles. The van der Waals surface area contributed by atoms with E-state index >= 15 is 0 Å². The number of hydrogen-bond acceptors (Lipinski definition) is 2. The third kappa shape index (κ3) is 4.61. The van der Waals surface area contributed by atoms with Crippen molar-refractivity contribution in [2.24, 2.45) is 0 Å². The van der Waals surface area contributed by atoms with E-state index in [4.69, 9.17) is 27.9 Å². The Morgan fingerprint density at radius 2 is 1.77 bits per heavy atom. The third-order valence-electron chi connectivity index (χ3n) is 4.91. The molecule has 1 saturated heterocycles. The summed E-state index contributed by atoms with van der Waals surface area (Å²) in [5, 5.41) is 4.12. The summed E-state index contributed by atoms with van der Waals surface area (Å²) >= 11 is 15.9. The van der Waals surface area contributed by atoms with Crippen molar-refractivity contribution in [2.45, 2.75) is 24.7 Å². The van der Waals surface area contributed by atoms with Crippen molar-refractivity contribution in [1.82, 2.24) is 5.32 Å². The van der Waals surface area contributed by atoms with Gasteiger partial charge in [-0.1, -0.05) is 57.3 Å². The second-order valence-electron chi connectivity index (χ2n) is 6.56. The molecule has 6 heteroatoms. The number of hydrogen-bond donors (Lipinski definition) is 1. The first-order valence-corrected chi connectivity index (χ1v) is 10.1. The van der Waals surface area contributed by atoms with E-state index in [9.17, 15) is 4.79 Å². The monoisotopic (exact) mass is 455 g/mol. The Bertz CT molecular complexity index is 771. The van der Waals surface area contributed by atoms with Gasteiger partial charge in [0.1, 0.15) is 0 Å². The molecule has 1 N–H and O–H groups in total. The van der Waals surface area contributed by atoms with Crippen LogP contribution in [0.15, 0.2) is 46.9 Å². The maximum Gasteiger partial charge on any atom is 0.224 e. The molecule has 1 fully saturated rings. The van der Waals surface area contributed by atoms with Gasteiger partial charge in [-0.05, 0) is 48.2 Å². The van der Waals surface area contributed by atoms with E-state index in [1.54, 1.807) is 18.2 Å². The first kappa shape index (κ1) is 19.7. The largest absolute Gasteiger partial charge is 0.381 e. The second kappa shape index (κ2) is 8.75. The van der Waals surface area contributed by atoms with Crippen LogP contribution in [0.3, 0.4) is 0 Å². The number of ether oxygens (including phenoxy) is 1. The number of carbonyl (C=O) groups is 1. The molecule has 1 aliphatic heterocycles. The Labute approximate surface area is 172 Å². The Kier molecular flexibility index (Phi) is 6.62. The van der Waals surface area contributed by atoms with Gasteiger partial charge in [0.05, 0.1) is 6.42 Å². The maximum atomic E-state index is 12.5. The Hall–Kier alpha value is -1.07. The Morgan fingerprint density at radius 1 is 1.12 bits per heavy atom. The number of rotatable bonds is 5. The predicted octanol–water partition coefficient (Wildman–Crippen LogP) is 5.16. The minimum atomic E-state index is -0.123. The first-order valence-electron chi connectivity index (χ1n) is 8.54. The van der Waals surface area contributed by atoms with Gasteiger partial charge in [-0.3, -0.25) is 4.79 Å². The summed E-state index contributed by atoms with van der Waals surface area (Å²) in [5.74, 6) is -0.0825. The van der Waals surface area contributed by atoms with Gasteiger partial charge >= 0.3 is 0 Å². The van der Waals surface area contributed by atoms with E-state index in [-0.39, 0.29) is 17.7 Å². The highest BCUT2D eigenvalue weighted by Gasteiger charge is 2.35. The molecule has 0 bridgehead atoms. The van der Waals surface area contributed by atoms with Crippen molar-refractivity contribution >= 4 is 45.0 Å². The van der Waals surface area contributed by atoms with Gasteiger partial charge in [-0.2, -0.15) is 0 Å². The molecule has 0 atom stereocenters. The van der Waals surface area contributed by atoms with Crippen LogP contribution >= 0.6 is 39.1 Å². The standard InChI is InChI=1S/C20H20BrCl2NO2/c21-15-4-1-3-14(11-15)20(7-9-26-10-8-20)13-24-19(25)12-16-17(22)5-2-6-18(16)23/h1-6,11H,7-10,12-13H2,(H,24,25). The highest BCUT2D eigenvalue weighted by molar-refractivity contribution is 9.10. The third-order valence-corrected chi connectivity index (χ3v) is 6.11. The summed E-state index contributed by atoms with van der Waals surface area (Å²) in [4.78, 5) is 12.5. The zero-order valence-electron chi connectivity index (χ0n) is 14.2. The molecule has 0 radical (unpaired) electrons. The van der Waals surface area contributed by atoms with Gasteiger partial charge < -0.3 is 10.1 Å². The lowest BCUT2D eigenvalue weighted by atomic mass is 9.74. The van der Waals surface area contributed by atoms with Crippen LogP contribution in [0.1, 0.15) is 24.0 Å². The topological polar surface area (TPSA) is 38.3 Å². The molecule has 1 heterocycles. The van der Waals surface area contributed by atoms with Crippen molar-refractivity contribution < 1.29 is 9.53 Å². The smallest absolute Gasteiger partial charge is 0.224 e. The number of halogens is 3. The van der Waals surface area contributed by atoms with E-state index in [1.165, 1.54) is 5.56 Å². The molecular formula is C20H20BrCl2NO2. The molecule has 1 aliphatic rings. The van der Waals surface area contributed by atoms with E-state index in [0.29, 0.717) is 35.4 Å². The minimum absolute atomic E-state index is 0.0825. The summed E-state index contributed by atoms with van der Waals surface area (Å²) in [7, 11) is 0. The number of nitrogens with one attached hydrogen (secondary N) is 1. The van der Waals surface area contributed by atoms with Crippen LogP contribution in [0.4, 0.5) is 0 Å². The zero-order chi connectivity index (χ0) is 18.6. The van der Waals surface area contributed by atoms with Gasteiger partial charge in [-0.15, -0.1) is 0 Å². The average molecular weight is 457 g/mol. The summed E-state index contributed by atoms with van der Waals surface area (Å²) in [5.41, 5.74) is 1.75. The van der Waals surface area contributed by atoms with E-state index in [2.05, 4.69) is 33.4 Å². The normalized spacial score (nSPS) is 16.3. The lowest BCUT2D eigenvalue weighted by molar-refractivity contribution is -0.120. The van der Waals surface area contributed by atoms with Crippen LogP contribution < -0.4 is 5.32 Å². The second-order valence-corrected chi connectivity index (χ2v) is 8.29. The fourth-order valence-electron chi connectivity index (χ4n) is 3.34. The van der Waals surface area contributed by atoms with Gasteiger partial charge in [0.15, 0.2) is 0 Å². The van der Waals surface area contributed by atoms with Gasteiger partial charge in [0, 0.05) is 39.7 Å². The van der Waals surface area contributed by atoms with Crippen molar-refractivity contribution in [3.8, 4) is 0 Å². The van der Waals surface area contributed by atoms with Crippen LogP contribution in [0.5, 0.6) is 0 Å². The summed E-state index contributed by atoms with van der Waals surface area (Å²) in [6.07, 6.45) is 1.91. The molecule has 1 amide bonds. The molecule has 2 aromatic carbocycles. The fraction of sp³-hybridized carbons (Fsp3) is 0.350. The molecule has 0 spiro atoms. The summed E-state index contributed by atoms with van der Waals surface area (Å²) in [6, 6.07) is 13.6. The Balaban J connectivity index is 1.73. The van der Waals surface area contributed by atoms with Crippen LogP contribution in [0.2, 0.25) is 10.0 Å². The molecule has 26 heavy (non-hydrogen) atoms. The van der Waals surface area contributed by atoms with Crippen molar-refractivity contribution in [2.75, 3.05) is 19.8 Å². The SMILES string of the molecule is O=C(Cc1c(Cl)cccc1Cl)NCC1(c2cccc(Br)c2)CCOCC1. The highest BCUT2D eigenvalue weighted by atomic mass is 79.9. The van der Waals surface area contributed by atoms with Crippen LogP contribution in [-0.2, 0) is 21.4 Å². The molecule has 3 nitrogen and oxygen atoms in total. The molecule has 0 aliphatic carbocycles. The Morgan fingerprint density at radius 3 is 2.42 bits per heavy atom. The van der Waals surface area contributed by atoms with E-state index < -0.39 is 0 Å². The van der Waals surface area contributed by atoms with Crippen LogP contribution in [-0.4, -0.2) is 25.7 Å². The minimum Gasteiger partial charge on any atom is -0.381 e. The number of amides is 1. The molecular weight excluding hydrogens is 437 g/mol. The summed E-state index contributed by atoms with van der Waals surface area (Å²) in [6.45, 7) is 1.95. The van der Waals surface area contributed by atoms with Crippen molar-refractivity contribution in [3.05, 3.63) is 68.1 Å². The first-order chi connectivity index (χ1) is 12.5. The predicted molar refractivity (Wildman–Crippen MR) is 109 cm³/mol. The van der Waals surface area contributed by atoms with Crippen molar-refractivity contribution in [1.29, 1.82) is 0 Å². The van der Waals surface area contributed by atoms with Gasteiger partial charge in [0.2, 0.25) is 5.91 Å². The lowest BCUT2D eigenvalue weighted by Gasteiger charge is -2.38. The summed E-state index contributed by atoms with van der Waals surface area (Å²) < 4.78 is 6.59. The van der Waals surface area contributed by atoms with Gasteiger partial charge in [0.25, 0.3) is 0 Å². The lowest BCUT2D eigenvalue weighted by Crippen LogP contribution is -2.45. The van der Waals surface area contributed by atoms with Crippen LogP contribution in [0, 0.1) is 0 Å². The highest BCUT2D eigenvalue weighted by Crippen LogP contribution is 2.35. The quantitative estimate of drug-likeness (QED) is 0.674. The molecule has 3 rings (SSSR count). The number of carbonyl (C=O) groups excluding carboxylic acids is 1. The molecule has 0 unspecified atom stereocenters. The maximum absolute atomic E-state index is 12.5. The molecule has 0 saturated carbocycles. The van der Waals surface area contributed by atoms with E-state index in [0.717, 1.165) is 17.3 Å². The molecule has 138 valence electrons. The number of benzene rings is 2. The fourth-order valence-corrected chi connectivity index (χ4v) is 4.27. The molecule has 2 aromatic rings. The van der Waals surface area contributed by atoms with Gasteiger partial charge in [-0.25, -0.2) is 0 Å². The average Bonchev–Trinajstić information content (AvgIpc) is 2.64.